The minimum atomic E-state index is -0.103. The van der Waals surface area contributed by atoms with Crippen LogP contribution >= 0.6 is 0 Å². The molecule has 4 rings (SSSR count). The molecular formula is C34H37F. The number of fused-ring (bicyclic) bond motifs is 1. The van der Waals surface area contributed by atoms with E-state index in [0.29, 0.717) is 11.3 Å². The van der Waals surface area contributed by atoms with Gasteiger partial charge in [0, 0.05) is 16.5 Å². The van der Waals surface area contributed by atoms with Crippen LogP contribution in [0.15, 0.2) is 78.9 Å². The summed E-state index contributed by atoms with van der Waals surface area (Å²) in [7, 11) is 0. The molecule has 3 aromatic carbocycles. The molecule has 1 fully saturated rings. The second kappa shape index (κ2) is 12.6. The highest BCUT2D eigenvalue weighted by Gasteiger charge is 2.21. The van der Waals surface area contributed by atoms with Crippen molar-refractivity contribution in [1.29, 1.82) is 0 Å². The van der Waals surface area contributed by atoms with Gasteiger partial charge in [-0.25, -0.2) is 4.39 Å². The number of hydrogen-bond acceptors (Lipinski definition) is 0. The van der Waals surface area contributed by atoms with E-state index in [1.54, 1.807) is 0 Å². The van der Waals surface area contributed by atoms with Crippen molar-refractivity contribution in [3.63, 3.8) is 0 Å². The molecule has 0 aromatic heterocycles. The van der Waals surface area contributed by atoms with E-state index in [1.165, 1.54) is 44.1 Å². The number of halogens is 1. The molecule has 0 atom stereocenters. The third kappa shape index (κ3) is 6.73. The van der Waals surface area contributed by atoms with E-state index >= 15 is 0 Å². The molecule has 1 saturated carbocycles. The molecule has 180 valence electrons. The predicted octanol–water partition coefficient (Wildman–Crippen LogP) is 9.52. The van der Waals surface area contributed by atoms with Crippen LogP contribution in [-0.2, 0) is 6.42 Å². The molecule has 1 aliphatic rings. The SMILES string of the molecule is C/C=C/CCc1ccc2cc(C#Cc3ccc(C4CCC(CC/C=C/C)CC4)cc3)ccc2c1F. The Morgan fingerprint density at radius 1 is 0.800 bits per heavy atom. The van der Waals surface area contributed by atoms with E-state index in [2.05, 4.69) is 61.3 Å². The van der Waals surface area contributed by atoms with Gasteiger partial charge in [-0.2, -0.15) is 0 Å². The van der Waals surface area contributed by atoms with Crippen LogP contribution in [-0.4, -0.2) is 0 Å². The van der Waals surface area contributed by atoms with E-state index in [4.69, 9.17) is 0 Å². The summed E-state index contributed by atoms with van der Waals surface area (Å²) in [6.45, 7) is 4.10. The second-order valence-corrected chi connectivity index (χ2v) is 9.82. The fraction of sp³-hybridized carbons (Fsp3) is 0.353. The van der Waals surface area contributed by atoms with Crippen molar-refractivity contribution >= 4 is 10.8 Å². The van der Waals surface area contributed by atoms with Crippen LogP contribution in [0.4, 0.5) is 4.39 Å². The lowest BCUT2D eigenvalue weighted by atomic mass is 9.77. The smallest absolute Gasteiger partial charge is 0.134 e. The zero-order valence-electron chi connectivity index (χ0n) is 21.2. The van der Waals surface area contributed by atoms with Gasteiger partial charge in [0.1, 0.15) is 5.82 Å². The molecule has 3 aromatic rings. The maximum absolute atomic E-state index is 14.9. The lowest BCUT2D eigenvalue weighted by Crippen LogP contribution is -2.13. The summed E-state index contributed by atoms with van der Waals surface area (Å²) >= 11 is 0. The summed E-state index contributed by atoms with van der Waals surface area (Å²) in [5.74, 6) is 8.05. The maximum atomic E-state index is 14.9. The lowest BCUT2D eigenvalue weighted by molar-refractivity contribution is 0.312. The molecule has 0 unspecified atom stereocenters. The molecule has 1 heteroatoms. The van der Waals surface area contributed by atoms with Crippen molar-refractivity contribution in [2.45, 2.75) is 71.1 Å². The number of benzene rings is 3. The fourth-order valence-electron chi connectivity index (χ4n) is 5.28. The predicted molar refractivity (Wildman–Crippen MR) is 148 cm³/mol. The summed E-state index contributed by atoms with van der Waals surface area (Å²) in [5.41, 5.74) is 4.17. The van der Waals surface area contributed by atoms with Crippen molar-refractivity contribution in [1.82, 2.24) is 0 Å². The van der Waals surface area contributed by atoms with Gasteiger partial charge < -0.3 is 0 Å². The molecule has 0 spiro atoms. The van der Waals surface area contributed by atoms with Gasteiger partial charge in [0.25, 0.3) is 0 Å². The van der Waals surface area contributed by atoms with Crippen LogP contribution in [0.5, 0.6) is 0 Å². The van der Waals surface area contributed by atoms with Crippen molar-refractivity contribution in [2.24, 2.45) is 5.92 Å². The molecule has 0 radical (unpaired) electrons. The molecule has 1 aliphatic carbocycles. The third-order valence-electron chi connectivity index (χ3n) is 7.41. The van der Waals surface area contributed by atoms with Crippen LogP contribution in [0.1, 0.15) is 87.0 Å². The molecule has 0 heterocycles. The Morgan fingerprint density at radius 3 is 2.23 bits per heavy atom. The summed E-state index contributed by atoms with van der Waals surface area (Å²) in [4.78, 5) is 0. The minimum absolute atomic E-state index is 0.103. The van der Waals surface area contributed by atoms with E-state index in [0.717, 1.165) is 40.8 Å². The van der Waals surface area contributed by atoms with Gasteiger partial charge in [-0.15, -0.1) is 0 Å². The highest BCUT2D eigenvalue weighted by atomic mass is 19.1. The Balaban J connectivity index is 1.38. The second-order valence-electron chi connectivity index (χ2n) is 9.82. The Hall–Kier alpha value is -3.11. The number of rotatable bonds is 7. The number of aryl methyl sites for hydroxylation is 1. The van der Waals surface area contributed by atoms with Crippen LogP contribution in [0.3, 0.4) is 0 Å². The van der Waals surface area contributed by atoms with Crippen molar-refractivity contribution in [2.75, 3.05) is 0 Å². The Bertz CT molecular complexity index is 1230. The average molecular weight is 465 g/mol. The van der Waals surface area contributed by atoms with Gasteiger partial charge in [0.15, 0.2) is 0 Å². The van der Waals surface area contributed by atoms with E-state index in [9.17, 15) is 4.39 Å². The number of hydrogen-bond donors (Lipinski definition) is 0. The van der Waals surface area contributed by atoms with Crippen LogP contribution < -0.4 is 0 Å². The van der Waals surface area contributed by atoms with E-state index < -0.39 is 0 Å². The first-order valence-corrected chi connectivity index (χ1v) is 13.2. The largest absolute Gasteiger partial charge is 0.206 e. The van der Waals surface area contributed by atoms with Gasteiger partial charge in [0.2, 0.25) is 0 Å². The van der Waals surface area contributed by atoms with Crippen LogP contribution in [0.25, 0.3) is 10.8 Å². The molecule has 0 amide bonds. The third-order valence-corrected chi connectivity index (χ3v) is 7.41. The summed E-state index contributed by atoms with van der Waals surface area (Å²) < 4.78 is 14.9. The first-order valence-electron chi connectivity index (χ1n) is 13.2. The van der Waals surface area contributed by atoms with Gasteiger partial charge in [0.05, 0.1) is 0 Å². The zero-order chi connectivity index (χ0) is 24.5. The van der Waals surface area contributed by atoms with Gasteiger partial charge >= 0.3 is 0 Å². The highest BCUT2D eigenvalue weighted by molar-refractivity contribution is 5.85. The van der Waals surface area contributed by atoms with Crippen molar-refractivity contribution in [3.8, 4) is 11.8 Å². The lowest BCUT2D eigenvalue weighted by Gasteiger charge is -2.28. The van der Waals surface area contributed by atoms with E-state index in [-0.39, 0.29) is 5.82 Å². The molecule has 0 bridgehead atoms. The van der Waals surface area contributed by atoms with Crippen LogP contribution in [0, 0.1) is 23.6 Å². The topological polar surface area (TPSA) is 0 Å². The first kappa shape index (κ1) is 25.0. The minimum Gasteiger partial charge on any atom is -0.206 e. The maximum Gasteiger partial charge on any atom is 0.134 e. The molecule has 0 N–H and O–H groups in total. The summed E-state index contributed by atoms with van der Waals surface area (Å²) in [5, 5.41) is 1.58. The Kier molecular flexibility index (Phi) is 8.96. The zero-order valence-corrected chi connectivity index (χ0v) is 21.2. The molecule has 35 heavy (non-hydrogen) atoms. The van der Waals surface area contributed by atoms with Crippen LogP contribution in [0.2, 0.25) is 0 Å². The Morgan fingerprint density at radius 2 is 1.49 bits per heavy atom. The van der Waals surface area contributed by atoms with E-state index in [1.807, 2.05) is 43.3 Å². The molecule has 0 nitrogen and oxygen atoms in total. The standard InChI is InChI=1S/C34H37F/c1-3-5-7-9-26-13-18-29(19-14-26)30-20-15-27(16-21-30)11-12-28-17-24-33-32(25-28)23-22-31(34(33)35)10-8-6-4-2/h3-6,15-17,20-26,29H,7-10,13-14,18-19H2,1-2H3/b5-3+,6-4+. The monoisotopic (exact) mass is 464 g/mol. The Labute approximate surface area is 211 Å². The first-order chi connectivity index (χ1) is 17.2. The summed E-state index contributed by atoms with van der Waals surface area (Å²) in [6, 6.07) is 18.5. The van der Waals surface area contributed by atoms with Gasteiger partial charge in [-0.3, -0.25) is 0 Å². The highest BCUT2D eigenvalue weighted by Crippen LogP contribution is 2.37. The summed E-state index contributed by atoms with van der Waals surface area (Å²) in [6.07, 6.45) is 18.0. The normalized spacial score (nSPS) is 18.3. The van der Waals surface area contributed by atoms with Gasteiger partial charge in [-0.1, -0.05) is 66.5 Å². The van der Waals surface area contributed by atoms with Gasteiger partial charge in [-0.05, 0) is 118 Å². The molecule has 0 aliphatic heterocycles. The molecule has 0 saturated heterocycles. The fourth-order valence-corrected chi connectivity index (χ4v) is 5.28. The average Bonchev–Trinajstić information content (AvgIpc) is 2.90. The molecular weight excluding hydrogens is 427 g/mol. The van der Waals surface area contributed by atoms with Crippen molar-refractivity contribution in [3.05, 3.63) is 107 Å². The van der Waals surface area contributed by atoms with Crippen molar-refractivity contribution < 1.29 is 4.39 Å². The number of allylic oxidation sites excluding steroid dienone is 4. The quantitative estimate of drug-likeness (QED) is 0.241.